The minimum Gasteiger partial charge on any atom is -0.387 e. The lowest BCUT2D eigenvalue weighted by Gasteiger charge is -2.25. The van der Waals surface area contributed by atoms with Gasteiger partial charge in [0, 0.05) is 6.42 Å². The maximum Gasteiger partial charge on any atom is 0.472 e. The van der Waals surface area contributed by atoms with Crippen molar-refractivity contribution in [2.75, 3.05) is 40.9 Å². The van der Waals surface area contributed by atoms with Crippen LogP contribution in [0, 0.1) is 0 Å². The molecule has 1 amide bonds. The molecule has 0 aliphatic heterocycles. The molecule has 3 N–H and O–H groups in total. The molecule has 0 heterocycles. The Kier molecular flexibility index (Phi) is 34.4. The van der Waals surface area contributed by atoms with Gasteiger partial charge >= 0.3 is 7.82 Å². The van der Waals surface area contributed by atoms with Crippen LogP contribution in [0.3, 0.4) is 0 Å². The summed E-state index contributed by atoms with van der Waals surface area (Å²) in [4.78, 5) is 23.0. The second-order valence-electron chi connectivity index (χ2n) is 14.6. The first kappa shape index (κ1) is 51.4. The van der Waals surface area contributed by atoms with Crippen LogP contribution in [0.5, 0.6) is 0 Å². The molecule has 0 saturated carbocycles. The van der Waals surface area contributed by atoms with Gasteiger partial charge in [-0.15, -0.1) is 0 Å². The summed E-state index contributed by atoms with van der Waals surface area (Å²) in [5, 5.41) is 13.7. The van der Waals surface area contributed by atoms with E-state index >= 15 is 0 Å². The van der Waals surface area contributed by atoms with Crippen LogP contribution >= 0.6 is 7.82 Å². The molecule has 0 saturated heterocycles. The fourth-order valence-corrected chi connectivity index (χ4v) is 5.76. The maximum atomic E-state index is 12.8. The number of phosphoric ester groups is 1. The molecule has 3 unspecified atom stereocenters. The number of aliphatic hydroxyl groups excluding tert-OH is 1. The van der Waals surface area contributed by atoms with E-state index < -0.39 is 20.0 Å². The lowest BCUT2D eigenvalue weighted by atomic mass is 10.1. The Morgan fingerprint density at radius 3 is 1.67 bits per heavy atom. The third kappa shape index (κ3) is 37.7. The van der Waals surface area contributed by atoms with Crippen LogP contribution in [0.4, 0.5) is 0 Å². The van der Waals surface area contributed by atoms with E-state index in [9.17, 15) is 19.4 Å². The zero-order valence-electron chi connectivity index (χ0n) is 34.7. The van der Waals surface area contributed by atoms with Crippen molar-refractivity contribution in [3.63, 3.8) is 0 Å². The first-order valence-corrected chi connectivity index (χ1v) is 22.1. The molecule has 0 fully saturated rings. The zero-order valence-corrected chi connectivity index (χ0v) is 35.6. The molecule has 54 heavy (non-hydrogen) atoms. The van der Waals surface area contributed by atoms with Crippen molar-refractivity contribution in [3.05, 3.63) is 97.2 Å². The smallest absolute Gasteiger partial charge is 0.387 e. The topological polar surface area (TPSA) is 105 Å². The van der Waals surface area contributed by atoms with Gasteiger partial charge in [0.25, 0.3) is 0 Å². The van der Waals surface area contributed by atoms with Crippen LogP contribution in [0.25, 0.3) is 0 Å². The average molecular weight is 774 g/mol. The summed E-state index contributed by atoms with van der Waals surface area (Å²) in [6.45, 7) is 4.55. The van der Waals surface area contributed by atoms with Crippen LogP contribution in [-0.2, 0) is 18.4 Å². The summed E-state index contributed by atoms with van der Waals surface area (Å²) < 4.78 is 23.4. The molecule has 0 radical (unpaired) electrons. The molecule has 9 heteroatoms. The normalized spacial score (nSPS) is 15.5. The van der Waals surface area contributed by atoms with Gasteiger partial charge in [0.2, 0.25) is 5.91 Å². The average Bonchev–Trinajstić information content (AvgIpc) is 3.12. The number of hydrogen-bond donors (Lipinski definition) is 3. The molecule has 0 aliphatic rings. The molecule has 0 bridgehead atoms. The molecule has 0 spiro atoms. The number of quaternary nitrogens is 1. The summed E-state index contributed by atoms with van der Waals surface area (Å²) in [6.07, 6.45) is 50.8. The lowest BCUT2D eigenvalue weighted by Crippen LogP contribution is -2.45. The van der Waals surface area contributed by atoms with Crippen LogP contribution in [0.1, 0.15) is 129 Å². The minimum atomic E-state index is -4.38. The Balaban J connectivity index is 4.74. The number of aliphatic hydroxyl groups is 1. The van der Waals surface area contributed by atoms with Gasteiger partial charge in [-0.1, -0.05) is 150 Å². The van der Waals surface area contributed by atoms with Crippen molar-refractivity contribution in [3.8, 4) is 0 Å². The van der Waals surface area contributed by atoms with Gasteiger partial charge in [0.15, 0.2) is 0 Å². The van der Waals surface area contributed by atoms with Gasteiger partial charge in [-0.25, -0.2) is 4.57 Å². The van der Waals surface area contributed by atoms with Crippen molar-refractivity contribution in [1.82, 2.24) is 5.32 Å². The zero-order chi connectivity index (χ0) is 40.0. The van der Waals surface area contributed by atoms with Gasteiger partial charge in [0.1, 0.15) is 13.2 Å². The minimum absolute atomic E-state index is 0.0316. The highest BCUT2D eigenvalue weighted by molar-refractivity contribution is 7.47. The third-order valence-electron chi connectivity index (χ3n) is 8.29. The first-order chi connectivity index (χ1) is 26.0. The number of carbonyl (C=O) groups is 1. The lowest BCUT2D eigenvalue weighted by molar-refractivity contribution is -0.870. The molecular weight excluding hydrogens is 695 g/mol. The number of likely N-dealkylation sites (N-methyl/N-ethyl adjacent to an activating group) is 1. The summed E-state index contributed by atoms with van der Waals surface area (Å²) in [5.41, 5.74) is 0. The number of nitrogens with one attached hydrogen (secondary N) is 1. The van der Waals surface area contributed by atoms with Crippen molar-refractivity contribution in [2.45, 2.75) is 142 Å². The number of hydrogen-bond acceptors (Lipinski definition) is 5. The van der Waals surface area contributed by atoms with E-state index in [-0.39, 0.29) is 25.5 Å². The Morgan fingerprint density at radius 1 is 0.648 bits per heavy atom. The number of unbranched alkanes of at least 4 members (excludes halogenated alkanes) is 9. The monoisotopic (exact) mass is 774 g/mol. The van der Waals surface area contributed by atoms with E-state index in [4.69, 9.17) is 9.05 Å². The number of allylic oxidation sites excluding steroid dienone is 14. The highest BCUT2D eigenvalue weighted by atomic mass is 31.2. The van der Waals surface area contributed by atoms with Crippen molar-refractivity contribution >= 4 is 13.7 Å². The van der Waals surface area contributed by atoms with E-state index in [1.807, 2.05) is 33.3 Å². The number of carbonyl (C=O) groups excluding carboxylic acids is 1. The Labute approximate surface area is 330 Å². The molecule has 0 aromatic carbocycles. The van der Waals surface area contributed by atoms with Crippen molar-refractivity contribution in [1.29, 1.82) is 0 Å². The fourth-order valence-electron chi connectivity index (χ4n) is 5.02. The van der Waals surface area contributed by atoms with E-state index in [1.54, 1.807) is 12.2 Å². The predicted molar refractivity (Wildman–Crippen MR) is 230 cm³/mol. The predicted octanol–water partition coefficient (Wildman–Crippen LogP) is 11.2. The Hall–Kier alpha value is -2.58. The summed E-state index contributed by atoms with van der Waals surface area (Å²) >= 11 is 0. The van der Waals surface area contributed by atoms with Gasteiger partial charge in [-0.05, 0) is 70.6 Å². The molecular formula is C45H78N2O6P+. The maximum absolute atomic E-state index is 12.8. The second-order valence-corrected chi connectivity index (χ2v) is 16.1. The summed E-state index contributed by atoms with van der Waals surface area (Å²) in [6, 6.07) is -0.928. The summed E-state index contributed by atoms with van der Waals surface area (Å²) in [7, 11) is 1.47. The molecule has 0 aromatic rings. The molecule has 8 nitrogen and oxygen atoms in total. The molecule has 0 rings (SSSR count). The second kappa shape index (κ2) is 36.1. The standard InChI is InChI=1S/C45H77N2O6P/c1-6-8-10-12-14-16-18-20-22-23-25-26-28-30-32-34-36-38-44(48)43(42-53-54(50,51)52-41-40-47(3,4)5)46-45(49)39-37-35-33-31-29-27-24-21-19-17-15-13-11-9-7-2/h9,11,15,17,21-24,28-31,35-38,43-44,48H,6-8,10,12-14,16,18-20,25-27,32-34,39-42H2,1-5H3,(H-,46,49,50,51)/p+1/b11-9-,17-15-,23-22+,24-21-,30-28+,31-29-,37-35-,38-36+. The van der Waals surface area contributed by atoms with Crippen LogP contribution in [-0.4, -0.2) is 73.4 Å². The Morgan fingerprint density at radius 2 is 1.13 bits per heavy atom. The van der Waals surface area contributed by atoms with Crippen molar-refractivity contribution in [2.24, 2.45) is 0 Å². The van der Waals surface area contributed by atoms with E-state index in [0.29, 0.717) is 17.4 Å². The summed E-state index contributed by atoms with van der Waals surface area (Å²) in [5.74, 6) is -0.324. The molecule has 0 aromatic heterocycles. The third-order valence-corrected chi connectivity index (χ3v) is 9.28. The highest BCUT2D eigenvalue weighted by Crippen LogP contribution is 2.43. The van der Waals surface area contributed by atoms with E-state index in [0.717, 1.165) is 51.4 Å². The first-order valence-electron chi connectivity index (χ1n) is 20.6. The van der Waals surface area contributed by atoms with E-state index in [2.05, 4.69) is 92.1 Å². The van der Waals surface area contributed by atoms with Gasteiger partial charge in [0.05, 0.1) is 39.9 Å². The van der Waals surface area contributed by atoms with Gasteiger partial charge < -0.3 is 19.8 Å². The quantitative estimate of drug-likeness (QED) is 0.0256. The van der Waals surface area contributed by atoms with Crippen LogP contribution < -0.4 is 5.32 Å². The molecule has 308 valence electrons. The molecule has 3 atom stereocenters. The highest BCUT2D eigenvalue weighted by Gasteiger charge is 2.27. The largest absolute Gasteiger partial charge is 0.472 e. The van der Waals surface area contributed by atoms with Crippen LogP contribution in [0.15, 0.2) is 97.2 Å². The molecule has 0 aliphatic carbocycles. The van der Waals surface area contributed by atoms with E-state index in [1.165, 1.54) is 51.4 Å². The fraction of sp³-hybridized carbons (Fsp3) is 0.622. The Bertz CT molecular complexity index is 1190. The van der Waals surface area contributed by atoms with Crippen molar-refractivity contribution < 1.29 is 32.9 Å². The van der Waals surface area contributed by atoms with Crippen LogP contribution in [0.2, 0.25) is 0 Å². The SMILES string of the molecule is CC/C=C\C/C=C\C/C=C\C/C=C\C/C=C\CC(=O)NC(COP(=O)(O)OCC[N+](C)(C)C)C(O)/C=C/CC/C=C/CC/C=C/CCCCCCCCC. The van der Waals surface area contributed by atoms with Gasteiger partial charge in [-0.2, -0.15) is 0 Å². The number of nitrogens with zero attached hydrogens (tertiary/aromatic N) is 1. The number of amides is 1. The number of rotatable bonds is 35. The number of phosphoric acid groups is 1. The van der Waals surface area contributed by atoms with Gasteiger partial charge in [-0.3, -0.25) is 13.8 Å².